The molecule has 0 aliphatic rings. The van der Waals surface area contributed by atoms with Crippen molar-refractivity contribution in [1.82, 2.24) is 0 Å². The predicted molar refractivity (Wildman–Crippen MR) is 57.4 cm³/mol. The third-order valence-electron chi connectivity index (χ3n) is 1.52. The highest BCUT2D eigenvalue weighted by Crippen LogP contribution is 2.24. The third kappa shape index (κ3) is 2.89. The van der Waals surface area contributed by atoms with E-state index < -0.39 is 5.24 Å². The molecule has 1 aromatic carbocycles. The highest BCUT2D eigenvalue weighted by molar-refractivity contribution is 6.68. The summed E-state index contributed by atoms with van der Waals surface area (Å²) >= 11 is 11.1. The number of rotatable bonds is 3. The molecule has 0 aliphatic carbocycles. The van der Waals surface area contributed by atoms with Crippen LogP contribution in [0.5, 0.6) is 5.75 Å². The second kappa shape index (κ2) is 4.67. The van der Waals surface area contributed by atoms with Crippen molar-refractivity contribution in [2.75, 3.05) is 0 Å². The molecule has 76 valence electrons. The molecule has 0 bridgehead atoms. The summed E-state index contributed by atoms with van der Waals surface area (Å²) in [5.74, 6) is 0.631. The molecule has 1 rings (SSSR count). The van der Waals surface area contributed by atoms with Crippen LogP contribution in [-0.2, 0) is 0 Å². The second-order valence-corrected chi connectivity index (χ2v) is 3.83. The largest absolute Gasteiger partial charge is 0.491 e. The van der Waals surface area contributed by atoms with E-state index in [1.54, 1.807) is 18.2 Å². The van der Waals surface area contributed by atoms with Crippen molar-refractivity contribution in [1.29, 1.82) is 0 Å². The SMILES string of the molecule is CC(C)Oc1ccc(C(=O)Cl)c(Cl)c1. The Hall–Kier alpha value is -0.730. The first-order chi connectivity index (χ1) is 6.50. The minimum atomic E-state index is -0.564. The first kappa shape index (κ1) is 11.3. The molecule has 2 nitrogen and oxygen atoms in total. The third-order valence-corrected chi connectivity index (χ3v) is 2.04. The first-order valence-electron chi connectivity index (χ1n) is 4.16. The van der Waals surface area contributed by atoms with Gasteiger partial charge in [0.1, 0.15) is 5.75 Å². The summed E-state index contributed by atoms with van der Waals surface area (Å²) in [6.45, 7) is 3.82. The zero-order valence-electron chi connectivity index (χ0n) is 7.88. The molecule has 0 aliphatic heterocycles. The number of carbonyl (C=O) groups is 1. The Morgan fingerprint density at radius 2 is 2.07 bits per heavy atom. The zero-order chi connectivity index (χ0) is 10.7. The molecular weight excluding hydrogens is 223 g/mol. The molecule has 0 radical (unpaired) electrons. The second-order valence-electron chi connectivity index (χ2n) is 3.08. The van der Waals surface area contributed by atoms with Crippen LogP contribution in [0, 0.1) is 0 Å². The summed E-state index contributed by atoms with van der Waals surface area (Å²) in [4.78, 5) is 10.8. The Bertz CT molecular complexity index is 348. The van der Waals surface area contributed by atoms with Gasteiger partial charge in [0.2, 0.25) is 0 Å². The maximum atomic E-state index is 10.8. The highest BCUT2D eigenvalue weighted by Gasteiger charge is 2.08. The average Bonchev–Trinajstić information content (AvgIpc) is 2.01. The maximum absolute atomic E-state index is 10.8. The standard InChI is InChI=1S/C10H10Cl2O2/c1-6(2)14-7-3-4-8(10(12)13)9(11)5-7/h3-6H,1-2H3. The van der Waals surface area contributed by atoms with Gasteiger partial charge in [0.05, 0.1) is 16.7 Å². The summed E-state index contributed by atoms with van der Waals surface area (Å²) in [6.07, 6.45) is 0.0728. The van der Waals surface area contributed by atoms with Crippen LogP contribution >= 0.6 is 23.2 Å². The topological polar surface area (TPSA) is 26.3 Å². The van der Waals surface area contributed by atoms with Gasteiger partial charge >= 0.3 is 0 Å². The lowest BCUT2D eigenvalue weighted by molar-refractivity contribution is 0.108. The van der Waals surface area contributed by atoms with Gasteiger partial charge in [-0.3, -0.25) is 4.79 Å². The van der Waals surface area contributed by atoms with E-state index in [2.05, 4.69) is 0 Å². The number of hydrogen-bond acceptors (Lipinski definition) is 2. The minimum Gasteiger partial charge on any atom is -0.491 e. The lowest BCUT2D eigenvalue weighted by Gasteiger charge is -2.10. The number of carbonyl (C=O) groups excluding carboxylic acids is 1. The quantitative estimate of drug-likeness (QED) is 0.746. The summed E-state index contributed by atoms with van der Waals surface area (Å²) in [7, 11) is 0. The Kier molecular flexibility index (Phi) is 3.78. The monoisotopic (exact) mass is 232 g/mol. The molecular formula is C10H10Cl2O2. The summed E-state index contributed by atoms with van der Waals surface area (Å²) in [6, 6.07) is 4.80. The number of ether oxygens (including phenoxy) is 1. The lowest BCUT2D eigenvalue weighted by Crippen LogP contribution is -2.05. The maximum Gasteiger partial charge on any atom is 0.253 e. The van der Waals surface area contributed by atoms with Gasteiger partial charge in [-0.15, -0.1) is 0 Å². The van der Waals surface area contributed by atoms with Crippen molar-refractivity contribution in [3.63, 3.8) is 0 Å². The Morgan fingerprint density at radius 1 is 1.43 bits per heavy atom. The van der Waals surface area contributed by atoms with Crippen LogP contribution in [-0.4, -0.2) is 11.3 Å². The summed E-state index contributed by atoms with van der Waals surface area (Å²) < 4.78 is 5.39. The van der Waals surface area contributed by atoms with E-state index in [0.717, 1.165) is 0 Å². The average molecular weight is 233 g/mol. The van der Waals surface area contributed by atoms with Crippen LogP contribution in [0.15, 0.2) is 18.2 Å². The molecule has 0 saturated heterocycles. The summed E-state index contributed by atoms with van der Waals surface area (Å²) in [5, 5.41) is -0.255. The molecule has 0 heterocycles. The van der Waals surface area contributed by atoms with Crippen molar-refractivity contribution in [3.05, 3.63) is 28.8 Å². The van der Waals surface area contributed by atoms with Gasteiger partial charge in [0.25, 0.3) is 5.24 Å². The Labute approximate surface area is 92.8 Å². The molecule has 14 heavy (non-hydrogen) atoms. The zero-order valence-corrected chi connectivity index (χ0v) is 9.39. The highest BCUT2D eigenvalue weighted by atomic mass is 35.5. The molecule has 0 unspecified atom stereocenters. The van der Waals surface area contributed by atoms with Crippen LogP contribution in [0.3, 0.4) is 0 Å². The number of hydrogen-bond donors (Lipinski definition) is 0. The first-order valence-corrected chi connectivity index (χ1v) is 4.92. The van der Waals surface area contributed by atoms with Crippen molar-refractivity contribution >= 4 is 28.4 Å². The Morgan fingerprint density at radius 3 is 2.50 bits per heavy atom. The van der Waals surface area contributed by atoms with E-state index in [1.807, 2.05) is 13.8 Å². The van der Waals surface area contributed by atoms with E-state index in [4.69, 9.17) is 27.9 Å². The molecule has 0 N–H and O–H groups in total. The molecule has 0 fully saturated rings. The van der Waals surface area contributed by atoms with E-state index in [-0.39, 0.29) is 6.10 Å². The van der Waals surface area contributed by atoms with Gasteiger partial charge < -0.3 is 4.74 Å². The number of benzene rings is 1. The molecule has 4 heteroatoms. The lowest BCUT2D eigenvalue weighted by atomic mass is 10.2. The van der Waals surface area contributed by atoms with Gasteiger partial charge in [-0.25, -0.2) is 0 Å². The van der Waals surface area contributed by atoms with Gasteiger partial charge in [-0.1, -0.05) is 11.6 Å². The fourth-order valence-corrected chi connectivity index (χ4v) is 1.47. The van der Waals surface area contributed by atoms with E-state index in [9.17, 15) is 4.79 Å². The Balaban J connectivity index is 2.94. The smallest absolute Gasteiger partial charge is 0.253 e. The van der Waals surface area contributed by atoms with Crippen LogP contribution in [0.25, 0.3) is 0 Å². The minimum absolute atomic E-state index is 0.0728. The van der Waals surface area contributed by atoms with Crippen molar-refractivity contribution in [2.24, 2.45) is 0 Å². The molecule has 0 atom stereocenters. The van der Waals surface area contributed by atoms with Gasteiger partial charge in [-0.2, -0.15) is 0 Å². The van der Waals surface area contributed by atoms with E-state index in [1.165, 1.54) is 0 Å². The van der Waals surface area contributed by atoms with Crippen molar-refractivity contribution in [3.8, 4) is 5.75 Å². The van der Waals surface area contributed by atoms with Gasteiger partial charge in [0, 0.05) is 0 Å². The normalized spacial score (nSPS) is 10.4. The van der Waals surface area contributed by atoms with E-state index in [0.29, 0.717) is 16.3 Å². The summed E-state index contributed by atoms with van der Waals surface area (Å²) in [5.41, 5.74) is 0.296. The van der Waals surface area contributed by atoms with Crippen LogP contribution < -0.4 is 4.74 Å². The molecule has 0 spiro atoms. The molecule has 0 saturated carbocycles. The molecule has 1 aromatic rings. The van der Waals surface area contributed by atoms with E-state index >= 15 is 0 Å². The van der Waals surface area contributed by atoms with Gasteiger partial charge in [0.15, 0.2) is 0 Å². The van der Waals surface area contributed by atoms with Crippen molar-refractivity contribution in [2.45, 2.75) is 20.0 Å². The predicted octanol–water partition coefficient (Wildman–Crippen LogP) is 3.51. The molecule has 0 aromatic heterocycles. The van der Waals surface area contributed by atoms with Gasteiger partial charge in [-0.05, 0) is 43.6 Å². The van der Waals surface area contributed by atoms with Crippen molar-refractivity contribution < 1.29 is 9.53 Å². The number of halogens is 2. The van der Waals surface area contributed by atoms with Crippen LogP contribution in [0.1, 0.15) is 24.2 Å². The molecule has 0 amide bonds. The fourth-order valence-electron chi connectivity index (χ4n) is 1.00. The fraction of sp³-hybridized carbons (Fsp3) is 0.300. The van der Waals surface area contributed by atoms with Crippen LogP contribution in [0.2, 0.25) is 5.02 Å². The van der Waals surface area contributed by atoms with Crippen LogP contribution in [0.4, 0.5) is 0 Å².